The van der Waals surface area contributed by atoms with Crippen molar-refractivity contribution >= 4 is 11.9 Å². The Balaban J connectivity index is 2.08. The van der Waals surface area contributed by atoms with Crippen molar-refractivity contribution in [2.24, 2.45) is 23.7 Å². The van der Waals surface area contributed by atoms with Gasteiger partial charge in [-0.15, -0.1) is 0 Å². The Kier molecular flexibility index (Phi) is 1.59. The lowest BCUT2D eigenvalue weighted by Gasteiger charge is -2.41. The first-order valence-electron chi connectivity index (χ1n) is 4.83. The minimum Gasteiger partial charge on any atom is -0.393 e. The highest BCUT2D eigenvalue weighted by Crippen LogP contribution is 2.50. The summed E-state index contributed by atoms with van der Waals surface area (Å²) in [6.45, 7) is 0. The number of fused-ring (bicyclic) bond motifs is 1. The minimum absolute atomic E-state index is 0.709. The number of halogens is 2. The van der Waals surface area contributed by atoms with Crippen LogP contribution in [0, 0.1) is 23.7 Å². The summed E-state index contributed by atoms with van der Waals surface area (Å²) in [5.74, 6) is -4.72. The van der Waals surface area contributed by atoms with E-state index < -0.39 is 48.0 Å². The highest BCUT2D eigenvalue weighted by atomic mass is 19.2. The second kappa shape index (κ2) is 2.65. The normalized spacial score (nSPS) is 51.9. The fourth-order valence-corrected chi connectivity index (χ4v) is 2.85. The molecule has 3 nitrogen and oxygen atoms in total. The average Bonchev–Trinajstić information content (AvgIpc) is 2.51. The van der Waals surface area contributed by atoms with Crippen molar-refractivity contribution < 1.29 is 23.1 Å². The van der Waals surface area contributed by atoms with Crippen LogP contribution in [0.25, 0.3) is 0 Å². The Labute approximate surface area is 84.1 Å². The van der Waals surface area contributed by atoms with Crippen molar-refractivity contribution in [3.05, 3.63) is 12.2 Å². The van der Waals surface area contributed by atoms with Gasteiger partial charge in [-0.25, -0.2) is 8.78 Å². The summed E-state index contributed by atoms with van der Waals surface area (Å²) in [7, 11) is 0. The Hall–Kier alpha value is -1.26. The van der Waals surface area contributed by atoms with Crippen LogP contribution < -0.4 is 0 Å². The number of carbonyl (C=O) groups excluding carboxylic acids is 2. The van der Waals surface area contributed by atoms with Crippen molar-refractivity contribution in [1.29, 1.82) is 0 Å². The van der Waals surface area contributed by atoms with Crippen LogP contribution in [0.1, 0.15) is 0 Å². The van der Waals surface area contributed by atoms with E-state index in [-0.39, 0.29) is 0 Å². The topological polar surface area (TPSA) is 43.4 Å². The molecule has 1 aliphatic heterocycles. The van der Waals surface area contributed by atoms with Gasteiger partial charge in [-0.2, -0.15) is 0 Å². The monoisotopic (exact) mass is 214 g/mol. The number of rotatable bonds is 0. The molecule has 0 radical (unpaired) electrons. The molecule has 2 bridgehead atoms. The van der Waals surface area contributed by atoms with E-state index in [0.29, 0.717) is 0 Å². The predicted molar refractivity (Wildman–Crippen MR) is 44.0 cm³/mol. The van der Waals surface area contributed by atoms with E-state index >= 15 is 0 Å². The minimum atomic E-state index is -1.69. The van der Waals surface area contributed by atoms with Gasteiger partial charge in [0.1, 0.15) is 12.3 Å². The van der Waals surface area contributed by atoms with Gasteiger partial charge in [0.05, 0.1) is 11.8 Å². The fraction of sp³-hybridized carbons (Fsp3) is 0.600. The van der Waals surface area contributed by atoms with Gasteiger partial charge in [-0.05, 0) is 0 Å². The molecular formula is C10H8F2O3. The molecule has 5 heteroatoms. The number of alkyl halides is 2. The third-order valence-electron chi connectivity index (χ3n) is 3.56. The van der Waals surface area contributed by atoms with E-state index in [1.54, 1.807) is 0 Å². The maximum atomic E-state index is 13.5. The van der Waals surface area contributed by atoms with Crippen LogP contribution in [0.5, 0.6) is 0 Å². The Bertz CT molecular complexity index is 345. The lowest BCUT2D eigenvalue weighted by molar-refractivity contribution is -0.154. The first-order valence-corrected chi connectivity index (χ1v) is 4.83. The number of ether oxygens (including phenoxy) is 1. The molecule has 2 fully saturated rings. The number of allylic oxidation sites excluding steroid dienone is 2. The SMILES string of the molecule is O=C1OC(=O)C2C3C=CC(C(F)C3F)C12. The number of hydrogen-bond acceptors (Lipinski definition) is 3. The summed E-state index contributed by atoms with van der Waals surface area (Å²) in [5.41, 5.74) is 0. The van der Waals surface area contributed by atoms with Gasteiger partial charge < -0.3 is 4.74 Å². The van der Waals surface area contributed by atoms with Gasteiger partial charge in [0.15, 0.2) is 0 Å². The Morgan fingerprint density at radius 2 is 1.33 bits per heavy atom. The molecule has 1 saturated carbocycles. The van der Waals surface area contributed by atoms with E-state index in [9.17, 15) is 18.4 Å². The molecule has 0 aromatic carbocycles. The molecule has 4 rings (SSSR count). The van der Waals surface area contributed by atoms with Gasteiger partial charge in [0.2, 0.25) is 0 Å². The summed E-state index contributed by atoms with van der Waals surface area (Å²) in [4.78, 5) is 22.6. The van der Waals surface area contributed by atoms with E-state index in [1.807, 2.05) is 0 Å². The van der Waals surface area contributed by atoms with Crippen LogP contribution in [-0.4, -0.2) is 24.3 Å². The molecule has 1 heterocycles. The largest absolute Gasteiger partial charge is 0.393 e. The van der Waals surface area contributed by atoms with Gasteiger partial charge in [-0.1, -0.05) is 12.2 Å². The molecular weight excluding hydrogens is 206 g/mol. The highest BCUT2D eigenvalue weighted by Gasteiger charge is 2.62. The van der Waals surface area contributed by atoms with Crippen LogP contribution in [0.4, 0.5) is 8.78 Å². The summed E-state index contributed by atoms with van der Waals surface area (Å²) in [6, 6.07) is 0. The zero-order chi connectivity index (χ0) is 10.7. The molecule has 4 aliphatic rings. The van der Waals surface area contributed by atoms with Crippen LogP contribution in [0.2, 0.25) is 0 Å². The first-order chi connectivity index (χ1) is 7.11. The summed E-state index contributed by atoms with van der Waals surface area (Å²) < 4.78 is 31.4. The summed E-state index contributed by atoms with van der Waals surface area (Å²) in [6.07, 6.45) is -0.404. The maximum Gasteiger partial charge on any atom is 0.318 e. The first kappa shape index (κ1) is 9.00. The van der Waals surface area contributed by atoms with E-state index in [4.69, 9.17) is 0 Å². The van der Waals surface area contributed by atoms with E-state index in [2.05, 4.69) is 4.74 Å². The molecule has 3 aliphatic carbocycles. The summed E-state index contributed by atoms with van der Waals surface area (Å²) >= 11 is 0. The number of carbonyl (C=O) groups is 2. The predicted octanol–water partition coefficient (Wildman–Crippen LogP) is 0.794. The fourth-order valence-electron chi connectivity index (χ4n) is 2.85. The Morgan fingerprint density at radius 1 is 0.933 bits per heavy atom. The van der Waals surface area contributed by atoms with Crippen LogP contribution in [0.15, 0.2) is 12.2 Å². The smallest absolute Gasteiger partial charge is 0.318 e. The molecule has 0 N–H and O–H groups in total. The number of cyclic esters (lactones) is 2. The molecule has 1 saturated heterocycles. The van der Waals surface area contributed by atoms with Crippen molar-refractivity contribution in [1.82, 2.24) is 0 Å². The zero-order valence-electron chi connectivity index (χ0n) is 7.60. The second-order valence-corrected chi connectivity index (χ2v) is 4.22. The van der Waals surface area contributed by atoms with Crippen molar-refractivity contribution in [3.8, 4) is 0 Å². The van der Waals surface area contributed by atoms with Crippen LogP contribution in [-0.2, 0) is 14.3 Å². The number of hydrogen-bond donors (Lipinski definition) is 0. The quantitative estimate of drug-likeness (QED) is 0.340. The van der Waals surface area contributed by atoms with E-state index in [1.165, 1.54) is 12.2 Å². The standard InChI is InChI=1S/C10H8F2O3/c11-7-3-1-2-4(8(7)12)6-5(3)9(13)15-10(6)14/h1-8H. The van der Waals surface area contributed by atoms with Gasteiger partial charge in [0.25, 0.3) is 0 Å². The van der Waals surface area contributed by atoms with Gasteiger partial charge >= 0.3 is 11.9 Å². The van der Waals surface area contributed by atoms with Crippen molar-refractivity contribution in [2.45, 2.75) is 12.3 Å². The lowest BCUT2D eigenvalue weighted by Crippen LogP contribution is -2.51. The lowest BCUT2D eigenvalue weighted by atomic mass is 9.61. The highest BCUT2D eigenvalue weighted by molar-refractivity contribution is 5.97. The van der Waals surface area contributed by atoms with Gasteiger partial charge in [0, 0.05) is 11.8 Å². The molecule has 6 atom stereocenters. The van der Waals surface area contributed by atoms with Crippen molar-refractivity contribution in [3.63, 3.8) is 0 Å². The Morgan fingerprint density at radius 3 is 1.73 bits per heavy atom. The molecule has 0 spiro atoms. The van der Waals surface area contributed by atoms with E-state index in [0.717, 1.165) is 0 Å². The third kappa shape index (κ3) is 0.931. The number of esters is 2. The molecule has 6 unspecified atom stereocenters. The van der Waals surface area contributed by atoms with Gasteiger partial charge in [-0.3, -0.25) is 9.59 Å². The molecule has 0 amide bonds. The molecule has 15 heavy (non-hydrogen) atoms. The summed E-state index contributed by atoms with van der Waals surface area (Å²) in [5, 5.41) is 0. The second-order valence-electron chi connectivity index (χ2n) is 4.22. The van der Waals surface area contributed by atoms with Crippen LogP contribution >= 0.6 is 0 Å². The zero-order valence-corrected chi connectivity index (χ0v) is 7.60. The van der Waals surface area contributed by atoms with Crippen molar-refractivity contribution in [2.75, 3.05) is 0 Å². The maximum absolute atomic E-state index is 13.5. The average molecular weight is 214 g/mol. The molecule has 0 aromatic rings. The molecule has 0 aromatic heterocycles. The molecule has 80 valence electrons. The van der Waals surface area contributed by atoms with Crippen LogP contribution in [0.3, 0.4) is 0 Å². The third-order valence-corrected chi connectivity index (χ3v) is 3.56.